The van der Waals surface area contributed by atoms with Crippen molar-refractivity contribution in [2.24, 2.45) is 0 Å². The number of rotatable bonds is 4. The number of hydrogen-bond donors (Lipinski definition) is 0. The average molecular weight is 528 g/mol. The number of fused-ring (bicyclic) bond motifs is 1. The van der Waals surface area contributed by atoms with E-state index in [2.05, 4.69) is 0 Å². The van der Waals surface area contributed by atoms with Gasteiger partial charge in [0, 0.05) is 38.4 Å². The van der Waals surface area contributed by atoms with Gasteiger partial charge in [-0.15, -0.1) is 0 Å². The van der Waals surface area contributed by atoms with Gasteiger partial charge in [-0.1, -0.05) is 49.3 Å². The molecule has 4 heterocycles. The van der Waals surface area contributed by atoms with Crippen LogP contribution in [-0.2, 0) is 9.53 Å². The van der Waals surface area contributed by atoms with E-state index in [4.69, 9.17) is 21.9 Å². The molecule has 0 aromatic carbocycles. The van der Waals surface area contributed by atoms with Gasteiger partial charge < -0.3 is 14.5 Å². The number of nitrogens with zero attached hydrogens (tertiary/aromatic N) is 5. The molecule has 1 aliphatic carbocycles. The molecular formula is C25H29N5O4S2. The lowest BCUT2D eigenvalue weighted by Gasteiger charge is -2.35. The maximum Gasteiger partial charge on any atom is 0.409 e. The van der Waals surface area contributed by atoms with Crippen LogP contribution in [0.4, 0.5) is 10.6 Å². The quantitative estimate of drug-likeness (QED) is 0.441. The number of aromatic nitrogens is 2. The summed E-state index contributed by atoms with van der Waals surface area (Å²) in [6.07, 6.45) is 8.29. The second-order valence-electron chi connectivity index (χ2n) is 9.10. The number of ether oxygens (including phenoxy) is 1. The zero-order valence-corrected chi connectivity index (χ0v) is 21.9. The predicted octanol–water partition coefficient (Wildman–Crippen LogP) is 3.51. The molecule has 0 N–H and O–H groups in total. The van der Waals surface area contributed by atoms with Gasteiger partial charge in [0.1, 0.15) is 15.8 Å². The molecule has 0 bridgehead atoms. The first-order valence-corrected chi connectivity index (χ1v) is 13.7. The van der Waals surface area contributed by atoms with E-state index in [0.29, 0.717) is 59.0 Å². The molecule has 11 heteroatoms. The van der Waals surface area contributed by atoms with Crippen molar-refractivity contribution in [3.05, 3.63) is 45.2 Å². The summed E-state index contributed by atoms with van der Waals surface area (Å²) in [5, 5.41) is 0. The van der Waals surface area contributed by atoms with Crippen LogP contribution < -0.4 is 10.5 Å². The van der Waals surface area contributed by atoms with E-state index in [-0.39, 0.29) is 23.6 Å². The van der Waals surface area contributed by atoms with Crippen LogP contribution in [0.2, 0.25) is 0 Å². The highest BCUT2D eigenvalue weighted by Crippen LogP contribution is 2.37. The molecule has 5 rings (SSSR count). The lowest BCUT2D eigenvalue weighted by Crippen LogP contribution is -2.49. The number of hydrogen-bond acceptors (Lipinski definition) is 8. The molecule has 2 saturated heterocycles. The number of thiocarbonyl (C=S) groups is 1. The van der Waals surface area contributed by atoms with Crippen molar-refractivity contribution in [3.63, 3.8) is 0 Å². The smallest absolute Gasteiger partial charge is 0.409 e. The fourth-order valence-corrected chi connectivity index (χ4v) is 6.42. The average Bonchev–Trinajstić information content (AvgIpc) is 3.18. The van der Waals surface area contributed by atoms with Crippen LogP contribution in [0.25, 0.3) is 11.7 Å². The van der Waals surface area contributed by atoms with Gasteiger partial charge in [-0.05, 0) is 38.0 Å². The van der Waals surface area contributed by atoms with Crippen molar-refractivity contribution in [1.82, 2.24) is 19.2 Å². The minimum Gasteiger partial charge on any atom is -0.450 e. The number of piperazine rings is 1. The van der Waals surface area contributed by atoms with Gasteiger partial charge >= 0.3 is 6.09 Å². The van der Waals surface area contributed by atoms with Crippen molar-refractivity contribution in [3.8, 4) is 0 Å². The summed E-state index contributed by atoms with van der Waals surface area (Å²) in [4.78, 5) is 49.8. The van der Waals surface area contributed by atoms with Gasteiger partial charge in [-0.2, -0.15) is 0 Å². The molecule has 0 radical (unpaired) electrons. The molecule has 1 saturated carbocycles. The van der Waals surface area contributed by atoms with Crippen molar-refractivity contribution >= 4 is 57.8 Å². The van der Waals surface area contributed by atoms with Crippen LogP contribution in [0.3, 0.4) is 0 Å². The Labute approximate surface area is 219 Å². The summed E-state index contributed by atoms with van der Waals surface area (Å²) in [5.74, 6) is 0.380. The number of thioether (sulfide) groups is 1. The molecule has 0 spiro atoms. The Morgan fingerprint density at radius 1 is 1.17 bits per heavy atom. The van der Waals surface area contributed by atoms with E-state index in [1.807, 2.05) is 11.0 Å². The Balaban J connectivity index is 1.49. The maximum absolute atomic E-state index is 13.6. The molecule has 190 valence electrons. The van der Waals surface area contributed by atoms with Gasteiger partial charge in [0.05, 0.1) is 17.1 Å². The summed E-state index contributed by atoms with van der Waals surface area (Å²) in [5.41, 5.74) is 0.635. The Morgan fingerprint density at radius 2 is 1.92 bits per heavy atom. The van der Waals surface area contributed by atoms with Crippen molar-refractivity contribution in [2.75, 3.05) is 37.7 Å². The normalized spacial score (nSPS) is 20.6. The fourth-order valence-electron chi connectivity index (χ4n) is 5.04. The van der Waals surface area contributed by atoms with Crippen LogP contribution in [0.15, 0.2) is 34.1 Å². The van der Waals surface area contributed by atoms with Crippen LogP contribution >= 0.6 is 24.0 Å². The van der Waals surface area contributed by atoms with Crippen molar-refractivity contribution < 1.29 is 14.3 Å². The lowest BCUT2D eigenvalue weighted by molar-refractivity contribution is -0.124. The van der Waals surface area contributed by atoms with Gasteiger partial charge in [-0.3, -0.25) is 18.9 Å². The van der Waals surface area contributed by atoms with Gasteiger partial charge in [0.2, 0.25) is 0 Å². The van der Waals surface area contributed by atoms with E-state index in [1.54, 1.807) is 41.1 Å². The zero-order chi connectivity index (χ0) is 25.2. The largest absolute Gasteiger partial charge is 0.450 e. The van der Waals surface area contributed by atoms with Crippen molar-refractivity contribution in [2.45, 2.75) is 45.1 Å². The van der Waals surface area contributed by atoms with E-state index >= 15 is 0 Å². The molecule has 0 unspecified atom stereocenters. The third-order valence-electron chi connectivity index (χ3n) is 6.89. The van der Waals surface area contributed by atoms with Crippen molar-refractivity contribution in [1.29, 1.82) is 0 Å². The third kappa shape index (κ3) is 4.73. The standard InChI is InChI=1S/C25H29N5O4S2/c1-2-34-24(33)28-14-12-27(13-15-28)21-18(22(31)29-11-7-6-10-20(29)26-21)16-19-23(32)30(25(35)36-19)17-8-4-3-5-9-17/h6-7,10-11,16-17H,2-5,8-9,12-15H2,1H3/b19-16+. The Kier molecular flexibility index (Phi) is 7.29. The molecule has 36 heavy (non-hydrogen) atoms. The monoisotopic (exact) mass is 527 g/mol. The first-order valence-electron chi connectivity index (χ1n) is 12.4. The first kappa shape index (κ1) is 24.8. The number of carbonyl (C=O) groups is 2. The SMILES string of the molecule is CCOC(=O)N1CCN(c2nc3ccccn3c(=O)c2/C=C2/SC(=S)N(C3CCCCC3)C2=O)CC1. The molecule has 3 aliphatic rings. The maximum atomic E-state index is 13.6. The van der Waals surface area contributed by atoms with Gasteiger partial charge in [0.25, 0.3) is 11.5 Å². The molecule has 2 aromatic rings. The molecule has 9 nitrogen and oxygen atoms in total. The molecular weight excluding hydrogens is 498 g/mol. The molecule has 2 aliphatic heterocycles. The van der Waals surface area contributed by atoms with E-state index in [9.17, 15) is 14.4 Å². The fraction of sp³-hybridized carbons (Fsp3) is 0.480. The van der Waals surface area contributed by atoms with E-state index in [1.165, 1.54) is 22.6 Å². The second kappa shape index (κ2) is 10.6. The Hall–Kier alpha value is -2.92. The Bertz CT molecular complexity index is 1280. The van der Waals surface area contributed by atoms with Crippen LogP contribution in [0.1, 0.15) is 44.6 Å². The summed E-state index contributed by atoms with van der Waals surface area (Å²) in [6, 6.07) is 5.52. The number of anilines is 1. The van der Waals surface area contributed by atoms with Crippen LogP contribution in [0, 0.1) is 0 Å². The summed E-state index contributed by atoms with van der Waals surface area (Å²) >= 11 is 6.84. The molecule has 2 aromatic heterocycles. The summed E-state index contributed by atoms with van der Waals surface area (Å²) in [6.45, 7) is 4.01. The summed E-state index contributed by atoms with van der Waals surface area (Å²) in [7, 11) is 0. The third-order valence-corrected chi connectivity index (χ3v) is 8.22. The van der Waals surface area contributed by atoms with Gasteiger partial charge in [-0.25, -0.2) is 9.78 Å². The topological polar surface area (TPSA) is 87.5 Å². The first-order chi connectivity index (χ1) is 17.5. The number of carbonyl (C=O) groups excluding carboxylic acids is 2. The number of pyridine rings is 1. The zero-order valence-electron chi connectivity index (χ0n) is 20.2. The predicted molar refractivity (Wildman–Crippen MR) is 144 cm³/mol. The minimum absolute atomic E-state index is 0.128. The second-order valence-corrected chi connectivity index (χ2v) is 10.8. The van der Waals surface area contributed by atoms with E-state index < -0.39 is 0 Å². The minimum atomic E-state index is -0.338. The molecule has 0 atom stereocenters. The van der Waals surface area contributed by atoms with Crippen LogP contribution in [0.5, 0.6) is 0 Å². The highest BCUT2D eigenvalue weighted by atomic mass is 32.2. The van der Waals surface area contributed by atoms with Gasteiger partial charge in [0.15, 0.2) is 0 Å². The highest BCUT2D eigenvalue weighted by molar-refractivity contribution is 8.26. The molecule has 3 fully saturated rings. The van der Waals surface area contributed by atoms with Crippen LogP contribution in [-0.4, -0.2) is 74.3 Å². The molecule has 2 amide bonds. The lowest BCUT2D eigenvalue weighted by atomic mass is 9.94. The highest BCUT2D eigenvalue weighted by Gasteiger charge is 2.38. The summed E-state index contributed by atoms with van der Waals surface area (Å²) < 4.78 is 7.17. The van der Waals surface area contributed by atoms with E-state index in [0.717, 1.165) is 25.7 Å². The number of amides is 2. The Morgan fingerprint density at radius 3 is 2.64 bits per heavy atom.